The van der Waals surface area contributed by atoms with E-state index in [1.54, 1.807) is 17.0 Å². The number of hydrogen-bond donors (Lipinski definition) is 1. The summed E-state index contributed by atoms with van der Waals surface area (Å²) in [5.41, 5.74) is -1.34. The molecule has 1 aliphatic rings. The van der Waals surface area contributed by atoms with Gasteiger partial charge >= 0.3 is 6.18 Å². The molecule has 0 atom stereocenters. The topological polar surface area (TPSA) is 76.6 Å². The molecule has 0 spiro atoms. The number of alkyl halides is 3. The van der Waals surface area contributed by atoms with Gasteiger partial charge in [-0.25, -0.2) is 14.4 Å². The highest BCUT2D eigenvalue weighted by Crippen LogP contribution is 2.38. The third-order valence-electron chi connectivity index (χ3n) is 5.70. The minimum absolute atomic E-state index is 0.104. The zero-order valence-corrected chi connectivity index (χ0v) is 18.7. The molecule has 2 heterocycles. The van der Waals surface area contributed by atoms with Crippen molar-refractivity contribution >= 4 is 28.3 Å². The minimum atomic E-state index is -4.84. The largest absolute Gasteiger partial charge is 0.493 e. The minimum Gasteiger partial charge on any atom is -0.493 e. The molecule has 1 saturated heterocycles. The second-order valence-electron chi connectivity index (χ2n) is 7.88. The highest BCUT2D eigenvalue weighted by atomic mass is 19.4. The molecule has 0 bridgehead atoms. The Kier molecular flexibility index (Phi) is 6.77. The van der Waals surface area contributed by atoms with E-state index < -0.39 is 17.6 Å². The maximum atomic E-state index is 14.6. The lowest BCUT2D eigenvalue weighted by Crippen LogP contribution is -2.41. The summed E-state index contributed by atoms with van der Waals surface area (Å²) in [6.07, 6.45) is -1.37. The van der Waals surface area contributed by atoms with Gasteiger partial charge in [0.1, 0.15) is 18.2 Å². The zero-order valence-electron chi connectivity index (χ0n) is 18.7. The SMILES string of the molecule is C=CC(=O)N1CCC(Oc2cc3c(Nc4cccc(C(F)(F)F)c4F)ncnc3cc2OC)CC1. The van der Waals surface area contributed by atoms with Crippen molar-refractivity contribution in [3.8, 4) is 11.5 Å². The summed E-state index contributed by atoms with van der Waals surface area (Å²) in [6.45, 7) is 4.52. The van der Waals surface area contributed by atoms with Gasteiger partial charge < -0.3 is 19.7 Å². The van der Waals surface area contributed by atoms with Gasteiger partial charge in [-0.15, -0.1) is 0 Å². The summed E-state index contributed by atoms with van der Waals surface area (Å²) in [4.78, 5) is 21.8. The summed E-state index contributed by atoms with van der Waals surface area (Å²) in [5.74, 6) is -0.695. The van der Waals surface area contributed by atoms with Gasteiger partial charge in [0.2, 0.25) is 5.91 Å². The fourth-order valence-corrected chi connectivity index (χ4v) is 3.89. The van der Waals surface area contributed by atoms with Gasteiger partial charge in [-0.1, -0.05) is 12.6 Å². The van der Waals surface area contributed by atoms with Crippen LogP contribution in [0.5, 0.6) is 11.5 Å². The summed E-state index contributed by atoms with van der Waals surface area (Å²) < 4.78 is 65.5. The van der Waals surface area contributed by atoms with Gasteiger partial charge in [0.15, 0.2) is 17.3 Å². The van der Waals surface area contributed by atoms with Gasteiger partial charge in [0.25, 0.3) is 0 Å². The monoisotopic (exact) mass is 490 g/mol. The number of aromatic nitrogens is 2. The number of piperidine rings is 1. The molecular weight excluding hydrogens is 468 g/mol. The molecule has 11 heteroatoms. The Labute approximate surface area is 198 Å². The maximum absolute atomic E-state index is 14.6. The predicted octanol–water partition coefficient (Wildman–Crippen LogP) is 5.10. The number of rotatable bonds is 6. The standard InChI is InChI=1S/C24H22F4N4O3/c1-3-21(33)32-9-7-14(8-10-32)35-20-11-15-18(12-19(20)34-2)29-13-30-23(15)31-17-6-4-5-16(22(17)25)24(26,27)28/h3-6,11-14H,1,7-10H2,2H3,(H,29,30,31). The molecule has 0 saturated carbocycles. The lowest BCUT2D eigenvalue weighted by Gasteiger charge is -2.31. The fraction of sp³-hybridized carbons (Fsp3) is 0.292. The van der Waals surface area contributed by atoms with Gasteiger partial charge in [-0.05, 0) is 24.3 Å². The molecule has 35 heavy (non-hydrogen) atoms. The van der Waals surface area contributed by atoms with Crippen LogP contribution in [0.25, 0.3) is 10.9 Å². The zero-order chi connectivity index (χ0) is 25.2. The Morgan fingerprint density at radius 1 is 1.20 bits per heavy atom. The van der Waals surface area contributed by atoms with Crippen molar-refractivity contribution in [1.82, 2.24) is 14.9 Å². The smallest absolute Gasteiger partial charge is 0.419 e. The van der Waals surface area contributed by atoms with Crippen LogP contribution in [-0.4, -0.2) is 47.1 Å². The normalized spacial score (nSPS) is 14.6. The lowest BCUT2D eigenvalue weighted by atomic mass is 10.1. The number of nitrogens with zero attached hydrogens (tertiary/aromatic N) is 3. The summed E-state index contributed by atoms with van der Waals surface area (Å²) >= 11 is 0. The van der Waals surface area contributed by atoms with E-state index in [4.69, 9.17) is 9.47 Å². The van der Waals surface area contributed by atoms with Crippen molar-refractivity contribution in [2.24, 2.45) is 0 Å². The van der Waals surface area contributed by atoms with E-state index in [1.807, 2.05) is 0 Å². The van der Waals surface area contributed by atoms with Crippen LogP contribution < -0.4 is 14.8 Å². The second-order valence-corrected chi connectivity index (χ2v) is 7.88. The number of halogens is 4. The number of benzene rings is 2. The number of fused-ring (bicyclic) bond motifs is 1. The van der Waals surface area contributed by atoms with Crippen molar-refractivity contribution in [1.29, 1.82) is 0 Å². The lowest BCUT2D eigenvalue weighted by molar-refractivity contribution is -0.139. The van der Waals surface area contributed by atoms with Gasteiger partial charge in [0, 0.05) is 37.4 Å². The van der Waals surface area contributed by atoms with Gasteiger partial charge in [0.05, 0.1) is 23.9 Å². The fourth-order valence-electron chi connectivity index (χ4n) is 3.89. The highest BCUT2D eigenvalue weighted by Gasteiger charge is 2.35. The average Bonchev–Trinajstić information content (AvgIpc) is 2.84. The Morgan fingerprint density at radius 3 is 2.60 bits per heavy atom. The number of methoxy groups -OCH3 is 1. The molecule has 1 amide bonds. The highest BCUT2D eigenvalue weighted by molar-refractivity contribution is 5.93. The number of anilines is 2. The summed E-state index contributed by atoms with van der Waals surface area (Å²) in [7, 11) is 1.47. The first-order valence-corrected chi connectivity index (χ1v) is 10.7. The van der Waals surface area contributed by atoms with Crippen molar-refractivity contribution in [2.45, 2.75) is 25.1 Å². The number of carbonyl (C=O) groups is 1. The third kappa shape index (κ3) is 5.13. The van der Waals surface area contributed by atoms with E-state index in [9.17, 15) is 22.4 Å². The molecule has 184 valence electrons. The van der Waals surface area contributed by atoms with Crippen LogP contribution in [0.3, 0.4) is 0 Å². The second kappa shape index (κ2) is 9.77. The van der Waals surface area contributed by atoms with Crippen molar-refractivity contribution < 1.29 is 31.8 Å². The number of amides is 1. The van der Waals surface area contributed by atoms with Crippen LogP contribution >= 0.6 is 0 Å². The first-order valence-electron chi connectivity index (χ1n) is 10.7. The van der Waals surface area contributed by atoms with E-state index in [2.05, 4.69) is 21.9 Å². The van der Waals surface area contributed by atoms with E-state index in [0.717, 1.165) is 6.07 Å². The van der Waals surface area contributed by atoms with Crippen LogP contribution in [0.2, 0.25) is 0 Å². The molecule has 1 aromatic heterocycles. The number of likely N-dealkylation sites (tertiary alicyclic amines) is 1. The summed E-state index contributed by atoms with van der Waals surface area (Å²) in [5, 5.41) is 3.05. The van der Waals surface area contributed by atoms with Crippen LogP contribution in [-0.2, 0) is 11.0 Å². The van der Waals surface area contributed by atoms with Crippen LogP contribution in [0, 0.1) is 5.82 Å². The average molecular weight is 490 g/mol. The molecule has 2 aromatic carbocycles. The molecule has 1 fully saturated rings. The van der Waals surface area contributed by atoms with Crippen molar-refractivity contribution in [2.75, 3.05) is 25.5 Å². The van der Waals surface area contributed by atoms with Gasteiger partial charge in [-0.2, -0.15) is 13.2 Å². The number of carbonyl (C=O) groups excluding carboxylic acids is 1. The Balaban J connectivity index is 1.64. The quantitative estimate of drug-likeness (QED) is 0.383. The predicted molar refractivity (Wildman–Crippen MR) is 121 cm³/mol. The molecule has 0 unspecified atom stereocenters. The molecule has 1 aliphatic heterocycles. The van der Waals surface area contributed by atoms with Crippen molar-refractivity contribution in [3.05, 3.63) is 60.7 Å². The van der Waals surface area contributed by atoms with Crippen LogP contribution in [0.1, 0.15) is 18.4 Å². The van der Waals surface area contributed by atoms with E-state index in [0.29, 0.717) is 54.4 Å². The Bertz CT molecular complexity index is 1260. The van der Waals surface area contributed by atoms with Crippen LogP contribution in [0.15, 0.2) is 49.3 Å². The van der Waals surface area contributed by atoms with E-state index in [-0.39, 0.29) is 23.5 Å². The Hall–Kier alpha value is -3.89. The Morgan fingerprint density at radius 2 is 1.94 bits per heavy atom. The van der Waals surface area contributed by atoms with Gasteiger partial charge in [-0.3, -0.25) is 4.79 Å². The third-order valence-corrected chi connectivity index (χ3v) is 5.70. The van der Waals surface area contributed by atoms with Crippen LogP contribution in [0.4, 0.5) is 29.1 Å². The molecule has 3 aromatic rings. The number of hydrogen-bond acceptors (Lipinski definition) is 6. The molecule has 0 aliphatic carbocycles. The van der Waals surface area contributed by atoms with E-state index >= 15 is 0 Å². The number of nitrogens with one attached hydrogen (secondary N) is 1. The first-order chi connectivity index (χ1) is 16.7. The molecule has 7 nitrogen and oxygen atoms in total. The van der Waals surface area contributed by atoms with E-state index in [1.165, 1.54) is 25.6 Å². The molecular formula is C24H22F4N4O3. The first kappa shape index (κ1) is 24.2. The van der Waals surface area contributed by atoms with Crippen molar-refractivity contribution in [3.63, 3.8) is 0 Å². The maximum Gasteiger partial charge on any atom is 0.419 e. The summed E-state index contributed by atoms with van der Waals surface area (Å²) in [6, 6.07) is 6.18. The molecule has 4 rings (SSSR count). The number of ether oxygens (including phenoxy) is 2. The molecule has 0 radical (unpaired) electrons. The molecule has 1 N–H and O–H groups in total.